The number of morpholine rings is 1. The van der Waals surface area contributed by atoms with Gasteiger partial charge < -0.3 is 24.2 Å². The molecule has 1 N–H and O–H groups in total. The summed E-state index contributed by atoms with van der Waals surface area (Å²) >= 11 is 0. The van der Waals surface area contributed by atoms with Crippen LogP contribution >= 0.6 is 0 Å². The average molecular weight is 471 g/mol. The van der Waals surface area contributed by atoms with E-state index in [4.69, 9.17) is 14.0 Å². The van der Waals surface area contributed by atoms with E-state index in [1.54, 1.807) is 6.92 Å². The largest absolute Gasteiger partial charge is 0.381 e. The molecule has 10 heteroatoms. The minimum Gasteiger partial charge on any atom is -0.381 e. The van der Waals surface area contributed by atoms with Crippen LogP contribution in [0, 0.1) is 18.3 Å². The number of rotatable bonds is 7. The molecule has 5 heterocycles. The molecule has 3 aliphatic rings. The lowest BCUT2D eigenvalue weighted by Crippen LogP contribution is -2.44. The van der Waals surface area contributed by atoms with Crippen LogP contribution in [0.3, 0.4) is 0 Å². The van der Waals surface area contributed by atoms with E-state index in [1.807, 2.05) is 6.20 Å². The number of amides is 1. The molecule has 2 aromatic rings. The minimum absolute atomic E-state index is 0.0366. The van der Waals surface area contributed by atoms with Gasteiger partial charge in [0.25, 0.3) is 0 Å². The second-order valence-corrected chi connectivity index (χ2v) is 9.59. The molecule has 10 nitrogen and oxygen atoms in total. The molecule has 0 aromatic carbocycles. The number of anilines is 1. The van der Waals surface area contributed by atoms with E-state index in [9.17, 15) is 4.79 Å². The van der Waals surface area contributed by atoms with Crippen LogP contribution in [0.25, 0.3) is 0 Å². The van der Waals surface area contributed by atoms with Crippen molar-refractivity contribution in [2.75, 3.05) is 64.1 Å². The number of carbonyl (C=O) groups excluding carboxylic acids is 1. The van der Waals surface area contributed by atoms with Gasteiger partial charge in [0, 0.05) is 77.4 Å². The third-order valence-corrected chi connectivity index (χ3v) is 7.29. The molecule has 0 aliphatic carbocycles. The molecular formula is C24H34N6O4. The summed E-state index contributed by atoms with van der Waals surface area (Å²) in [6.07, 6.45) is 4.29. The van der Waals surface area contributed by atoms with Crippen molar-refractivity contribution in [1.29, 1.82) is 0 Å². The van der Waals surface area contributed by atoms with Crippen molar-refractivity contribution in [2.24, 2.45) is 11.3 Å². The molecule has 1 unspecified atom stereocenters. The maximum absolute atomic E-state index is 13.3. The molecule has 0 saturated carbocycles. The van der Waals surface area contributed by atoms with Gasteiger partial charge in [0.2, 0.25) is 11.8 Å². The van der Waals surface area contributed by atoms with E-state index in [0.29, 0.717) is 24.7 Å². The number of carbonyl (C=O) groups is 1. The normalized spacial score (nSPS) is 22.9. The van der Waals surface area contributed by atoms with E-state index in [1.165, 1.54) is 5.56 Å². The lowest BCUT2D eigenvalue weighted by molar-refractivity contribution is -0.129. The molecule has 34 heavy (non-hydrogen) atoms. The molecule has 3 aliphatic heterocycles. The van der Waals surface area contributed by atoms with Crippen LogP contribution in [0.2, 0.25) is 0 Å². The van der Waals surface area contributed by atoms with Crippen LogP contribution in [0.15, 0.2) is 22.9 Å². The van der Waals surface area contributed by atoms with Crippen molar-refractivity contribution in [2.45, 2.75) is 32.7 Å². The highest BCUT2D eigenvalue weighted by molar-refractivity contribution is 5.80. The smallest absolute Gasteiger partial charge is 0.225 e. The lowest BCUT2D eigenvalue weighted by Gasteiger charge is -2.37. The molecule has 3 saturated heterocycles. The Morgan fingerprint density at radius 2 is 2.00 bits per heavy atom. The summed E-state index contributed by atoms with van der Waals surface area (Å²) in [6.45, 7) is 9.41. The number of ether oxygens (including phenoxy) is 2. The van der Waals surface area contributed by atoms with E-state index in [-0.39, 0.29) is 17.2 Å². The van der Waals surface area contributed by atoms with E-state index >= 15 is 0 Å². The molecular weight excluding hydrogens is 436 g/mol. The number of nitrogens with one attached hydrogen (secondary N) is 1. The van der Waals surface area contributed by atoms with Crippen molar-refractivity contribution < 1.29 is 18.8 Å². The van der Waals surface area contributed by atoms with Crippen LogP contribution in [0.4, 0.5) is 5.82 Å². The number of aryl methyl sites for hydroxylation is 1. The monoisotopic (exact) mass is 470 g/mol. The first-order chi connectivity index (χ1) is 16.6. The highest BCUT2D eigenvalue weighted by Gasteiger charge is 2.50. The predicted octanol–water partition coefficient (Wildman–Crippen LogP) is 1.20. The minimum atomic E-state index is -0.0519. The number of hydrogen-bond donors (Lipinski definition) is 1. The van der Waals surface area contributed by atoms with Crippen LogP contribution in [0.1, 0.15) is 30.1 Å². The molecule has 1 atom stereocenters. The van der Waals surface area contributed by atoms with Crippen molar-refractivity contribution in [1.82, 2.24) is 25.3 Å². The van der Waals surface area contributed by atoms with E-state index < -0.39 is 0 Å². The third kappa shape index (κ3) is 5.24. The van der Waals surface area contributed by atoms with Crippen LogP contribution in [-0.2, 0) is 27.2 Å². The standard InChI is InChI=1S/C24H34N6O4/c1-18-27-21(28-34-18)3-7-26-23(31)20-16-29(17-24(20)4-10-32-11-5-24)15-19-2-6-25-22(14-19)30-8-12-33-13-9-30/h2,6,14,20H,3-5,7-13,15-17H2,1H3,(H,26,31). The van der Waals surface area contributed by atoms with Gasteiger partial charge in [-0.25, -0.2) is 4.98 Å². The zero-order chi connectivity index (χ0) is 23.4. The van der Waals surface area contributed by atoms with Gasteiger partial charge in [0.1, 0.15) is 5.82 Å². The summed E-state index contributed by atoms with van der Waals surface area (Å²) in [7, 11) is 0. The summed E-state index contributed by atoms with van der Waals surface area (Å²) in [5.74, 6) is 2.24. The summed E-state index contributed by atoms with van der Waals surface area (Å²) in [6, 6.07) is 4.27. The second kappa shape index (κ2) is 10.4. The fraction of sp³-hybridized carbons (Fsp3) is 0.667. The zero-order valence-corrected chi connectivity index (χ0v) is 19.9. The fourth-order valence-corrected chi connectivity index (χ4v) is 5.48. The summed E-state index contributed by atoms with van der Waals surface area (Å²) in [4.78, 5) is 26.8. The quantitative estimate of drug-likeness (QED) is 0.639. The van der Waals surface area contributed by atoms with Crippen molar-refractivity contribution in [3.63, 3.8) is 0 Å². The maximum atomic E-state index is 13.3. The number of hydrogen-bond acceptors (Lipinski definition) is 9. The highest BCUT2D eigenvalue weighted by Crippen LogP contribution is 2.44. The van der Waals surface area contributed by atoms with E-state index in [2.05, 4.69) is 42.4 Å². The molecule has 2 aromatic heterocycles. The Morgan fingerprint density at radius 1 is 1.21 bits per heavy atom. The van der Waals surface area contributed by atoms with Gasteiger partial charge in [-0.05, 0) is 30.5 Å². The topological polar surface area (TPSA) is 106 Å². The molecule has 0 radical (unpaired) electrons. The number of nitrogens with zero attached hydrogens (tertiary/aromatic N) is 5. The Labute approximate surface area is 200 Å². The zero-order valence-electron chi connectivity index (χ0n) is 19.9. The molecule has 3 fully saturated rings. The van der Waals surface area contributed by atoms with Crippen molar-refractivity contribution >= 4 is 11.7 Å². The van der Waals surface area contributed by atoms with Crippen LogP contribution < -0.4 is 10.2 Å². The molecule has 1 amide bonds. The Balaban J connectivity index is 1.23. The van der Waals surface area contributed by atoms with Crippen molar-refractivity contribution in [3.8, 4) is 0 Å². The van der Waals surface area contributed by atoms with Gasteiger partial charge in [-0.2, -0.15) is 4.98 Å². The van der Waals surface area contributed by atoms with Crippen molar-refractivity contribution in [3.05, 3.63) is 35.6 Å². The second-order valence-electron chi connectivity index (χ2n) is 9.59. The maximum Gasteiger partial charge on any atom is 0.225 e. The first kappa shape index (κ1) is 23.2. The van der Waals surface area contributed by atoms with E-state index in [0.717, 1.165) is 77.8 Å². The van der Waals surface area contributed by atoms with Gasteiger partial charge in [-0.1, -0.05) is 5.16 Å². The fourth-order valence-electron chi connectivity index (χ4n) is 5.48. The Hall–Kier alpha value is -2.56. The summed E-state index contributed by atoms with van der Waals surface area (Å²) in [5.41, 5.74) is 1.19. The van der Waals surface area contributed by atoms with Crippen LogP contribution in [-0.4, -0.2) is 85.1 Å². The number of likely N-dealkylation sites (tertiary alicyclic amines) is 1. The highest BCUT2D eigenvalue weighted by atomic mass is 16.5. The lowest BCUT2D eigenvalue weighted by atomic mass is 9.71. The Bertz CT molecular complexity index is 970. The molecule has 184 valence electrons. The molecule has 5 rings (SSSR count). The number of aromatic nitrogens is 3. The van der Waals surface area contributed by atoms with Gasteiger partial charge in [-0.15, -0.1) is 0 Å². The van der Waals surface area contributed by atoms with Gasteiger partial charge in [0.15, 0.2) is 5.82 Å². The first-order valence-electron chi connectivity index (χ1n) is 12.3. The Kier molecular flexibility index (Phi) is 7.07. The van der Waals surface area contributed by atoms with Crippen LogP contribution in [0.5, 0.6) is 0 Å². The Morgan fingerprint density at radius 3 is 2.76 bits per heavy atom. The van der Waals surface area contributed by atoms with Gasteiger partial charge >= 0.3 is 0 Å². The average Bonchev–Trinajstić information content (AvgIpc) is 3.43. The van der Waals surface area contributed by atoms with Gasteiger partial charge in [-0.3, -0.25) is 9.69 Å². The predicted molar refractivity (Wildman–Crippen MR) is 124 cm³/mol. The summed E-state index contributed by atoms with van der Waals surface area (Å²) < 4.78 is 16.2. The summed E-state index contributed by atoms with van der Waals surface area (Å²) in [5, 5.41) is 7.05. The first-order valence-corrected chi connectivity index (χ1v) is 12.3. The SMILES string of the molecule is Cc1nc(CCNC(=O)C2CN(Cc3ccnc(N4CCOCC4)c3)CC23CCOCC3)no1. The third-order valence-electron chi connectivity index (χ3n) is 7.29. The number of pyridine rings is 1. The van der Waals surface area contributed by atoms with Gasteiger partial charge in [0.05, 0.1) is 19.1 Å². The molecule has 0 bridgehead atoms. The molecule has 1 spiro atoms.